The highest BCUT2D eigenvalue weighted by Crippen LogP contribution is 2.21. The van der Waals surface area contributed by atoms with E-state index < -0.39 is 4.92 Å². The molecule has 2 heterocycles. The standard InChI is InChI=1S/C20H20N4O4/c1-13-4-6-16(7-5-13)12-23-15(3)20(14(2)22-23)21-18(25)10-8-17-9-11-19(28-17)24(26)27/h4-11H,12H2,1-3H3,(H,21,25)/b10-8+. The summed E-state index contributed by atoms with van der Waals surface area (Å²) in [5.74, 6) is -0.519. The summed E-state index contributed by atoms with van der Waals surface area (Å²) in [4.78, 5) is 22.2. The van der Waals surface area contributed by atoms with Gasteiger partial charge in [0.15, 0.2) is 0 Å². The van der Waals surface area contributed by atoms with Crippen molar-refractivity contribution in [2.24, 2.45) is 0 Å². The van der Waals surface area contributed by atoms with E-state index in [4.69, 9.17) is 4.42 Å². The second-order valence-electron chi connectivity index (χ2n) is 6.44. The van der Waals surface area contributed by atoms with Gasteiger partial charge in [-0.25, -0.2) is 0 Å². The normalized spacial score (nSPS) is 11.1. The SMILES string of the molecule is Cc1ccc(Cn2nc(C)c(NC(=O)/C=C/c3ccc([N+](=O)[O-])o3)c2C)cc1. The molecule has 3 rings (SSSR count). The highest BCUT2D eigenvalue weighted by Gasteiger charge is 2.14. The van der Waals surface area contributed by atoms with Crippen molar-refractivity contribution in [3.63, 3.8) is 0 Å². The Balaban J connectivity index is 1.70. The quantitative estimate of drug-likeness (QED) is 0.395. The first-order valence-electron chi connectivity index (χ1n) is 8.66. The summed E-state index contributed by atoms with van der Waals surface area (Å²) in [5, 5.41) is 17.9. The summed E-state index contributed by atoms with van der Waals surface area (Å²) in [7, 11) is 0. The molecule has 0 aliphatic heterocycles. The van der Waals surface area contributed by atoms with E-state index in [1.54, 1.807) is 0 Å². The lowest BCUT2D eigenvalue weighted by molar-refractivity contribution is -0.402. The van der Waals surface area contributed by atoms with Crippen LogP contribution in [0.5, 0.6) is 0 Å². The van der Waals surface area contributed by atoms with E-state index in [1.807, 2.05) is 37.6 Å². The molecule has 1 amide bonds. The molecule has 0 spiro atoms. The van der Waals surface area contributed by atoms with Gasteiger partial charge < -0.3 is 9.73 Å². The number of aromatic nitrogens is 2. The molecular weight excluding hydrogens is 360 g/mol. The minimum atomic E-state index is -0.632. The van der Waals surface area contributed by atoms with Crippen LogP contribution in [-0.2, 0) is 11.3 Å². The molecule has 8 nitrogen and oxygen atoms in total. The van der Waals surface area contributed by atoms with Crippen molar-refractivity contribution in [3.05, 3.63) is 80.9 Å². The van der Waals surface area contributed by atoms with Gasteiger partial charge in [0.1, 0.15) is 10.7 Å². The molecule has 0 unspecified atom stereocenters. The second kappa shape index (κ2) is 7.91. The van der Waals surface area contributed by atoms with Crippen LogP contribution in [0.3, 0.4) is 0 Å². The summed E-state index contributed by atoms with van der Waals surface area (Å²) in [6, 6.07) is 10.9. The number of nitrogens with one attached hydrogen (secondary N) is 1. The maximum atomic E-state index is 12.2. The van der Waals surface area contributed by atoms with Crippen LogP contribution in [0.15, 0.2) is 46.9 Å². The fourth-order valence-corrected chi connectivity index (χ4v) is 2.75. The van der Waals surface area contributed by atoms with E-state index >= 15 is 0 Å². The molecule has 1 aromatic carbocycles. The Morgan fingerprint density at radius 1 is 1.21 bits per heavy atom. The number of benzene rings is 1. The first kappa shape index (κ1) is 19.1. The Morgan fingerprint density at radius 2 is 1.93 bits per heavy atom. The maximum Gasteiger partial charge on any atom is 0.433 e. The molecule has 0 fully saturated rings. The topological polar surface area (TPSA) is 103 Å². The predicted octanol–water partition coefficient (Wildman–Crippen LogP) is 4.01. The number of nitrogens with zero attached hydrogens (tertiary/aromatic N) is 3. The van der Waals surface area contributed by atoms with Crippen LogP contribution in [0.1, 0.15) is 28.3 Å². The third-order valence-electron chi connectivity index (χ3n) is 4.27. The number of rotatable bonds is 6. The molecule has 1 N–H and O–H groups in total. The Morgan fingerprint density at radius 3 is 2.57 bits per heavy atom. The fourth-order valence-electron chi connectivity index (χ4n) is 2.75. The molecule has 144 valence electrons. The molecule has 8 heteroatoms. The van der Waals surface area contributed by atoms with Crippen LogP contribution in [-0.4, -0.2) is 20.6 Å². The third kappa shape index (κ3) is 4.35. The molecular formula is C20H20N4O4. The van der Waals surface area contributed by atoms with Crippen molar-refractivity contribution >= 4 is 23.6 Å². The van der Waals surface area contributed by atoms with Crippen LogP contribution >= 0.6 is 0 Å². The van der Waals surface area contributed by atoms with Crippen LogP contribution in [0.4, 0.5) is 11.6 Å². The number of hydrogen-bond donors (Lipinski definition) is 1. The first-order chi connectivity index (χ1) is 13.3. The Labute approximate surface area is 161 Å². The van der Waals surface area contributed by atoms with E-state index in [-0.39, 0.29) is 17.6 Å². The largest absolute Gasteiger partial charge is 0.433 e. The Kier molecular flexibility index (Phi) is 5.39. The van der Waals surface area contributed by atoms with Gasteiger partial charge >= 0.3 is 5.88 Å². The summed E-state index contributed by atoms with van der Waals surface area (Å²) in [6.07, 6.45) is 2.64. The van der Waals surface area contributed by atoms with Crippen molar-refractivity contribution in [1.29, 1.82) is 0 Å². The van der Waals surface area contributed by atoms with E-state index in [2.05, 4.69) is 22.5 Å². The number of aryl methyl sites for hydroxylation is 2. The van der Waals surface area contributed by atoms with Gasteiger partial charge in [-0.05, 0) is 38.5 Å². The smallest absolute Gasteiger partial charge is 0.401 e. The maximum absolute atomic E-state index is 12.2. The minimum Gasteiger partial charge on any atom is -0.401 e. The van der Waals surface area contributed by atoms with Crippen LogP contribution in [0.25, 0.3) is 6.08 Å². The number of amides is 1. The number of carbonyl (C=O) groups is 1. The number of hydrogen-bond acceptors (Lipinski definition) is 5. The lowest BCUT2D eigenvalue weighted by Gasteiger charge is -2.06. The summed E-state index contributed by atoms with van der Waals surface area (Å²) in [6.45, 7) is 6.36. The van der Waals surface area contributed by atoms with Gasteiger partial charge in [-0.1, -0.05) is 29.8 Å². The monoisotopic (exact) mass is 380 g/mol. The van der Waals surface area contributed by atoms with Gasteiger partial charge in [-0.15, -0.1) is 0 Å². The van der Waals surface area contributed by atoms with Gasteiger partial charge in [-0.2, -0.15) is 5.10 Å². The summed E-state index contributed by atoms with van der Waals surface area (Å²) in [5.41, 5.74) is 4.51. The van der Waals surface area contributed by atoms with Gasteiger partial charge in [0.25, 0.3) is 0 Å². The third-order valence-corrected chi connectivity index (χ3v) is 4.27. The summed E-state index contributed by atoms with van der Waals surface area (Å²) < 4.78 is 6.83. The lowest BCUT2D eigenvalue weighted by atomic mass is 10.1. The molecule has 2 aromatic heterocycles. The average Bonchev–Trinajstić information content (AvgIpc) is 3.23. The lowest BCUT2D eigenvalue weighted by Crippen LogP contribution is -2.10. The molecule has 0 aliphatic rings. The number of nitro groups is 1. The molecule has 28 heavy (non-hydrogen) atoms. The second-order valence-corrected chi connectivity index (χ2v) is 6.44. The Hall–Kier alpha value is -3.68. The van der Waals surface area contributed by atoms with Gasteiger partial charge in [-0.3, -0.25) is 19.6 Å². The van der Waals surface area contributed by atoms with Crippen LogP contribution in [0.2, 0.25) is 0 Å². The van der Waals surface area contributed by atoms with Crippen molar-refractivity contribution in [2.75, 3.05) is 5.32 Å². The van der Waals surface area contributed by atoms with E-state index in [9.17, 15) is 14.9 Å². The molecule has 0 saturated carbocycles. The van der Waals surface area contributed by atoms with Crippen molar-refractivity contribution in [3.8, 4) is 0 Å². The van der Waals surface area contributed by atoms with E-state index in [0.717, 1.165) is 11.3 Å². The molecule has 0 aliphatic carbocycles. The molecule has 0 bridgehead atoms. The van der Waals surface area contributed by atoms with E-state index in [1.165, 1.54) is 29.8 Å². The zero-order valence-electron chi connectivity index (χ0n) is 15.8. The Bertz CT molecular complexity index is 1040. The van der Waals surface area contributed by atoms with Gasteiger partial charge in [0, 0.05) is 6.08 Å². The molecule has 0 saturated heterocycles. The predicted molar refractivity (Wildman–Crippen MR) is 105 cm³/mol. The first-order valence-corrected chi connectivity index (χ1v) is 8.66. The number of furan rings is 1. The zero-order valence-corrected chi connectivity index (χ0v) is 15.8. The fraction of sp³-hybridized carbons (Fsp3) is 0.200. The van der Waals surface area contributed by atoms with Crippen molar-refractivity contribution in [1.82, 2.24) is 9.78 Å². The van der Waals surface area contributed by atoms with Crippen molar-refractivity contribution < 1.29 is 14.1 Å². The highest BCUT2D eigenvalue weighted by molar-refractivity contribution is 6.02. The number of carbonyl (C=O) groups excluding carboxylic acids is 1. The average molecular weight is 380 g/mol. The summed E-state index contributed by atoms with van der Waals surface area (Å²) >= 11 is 0. The van der Waals surface area contributed by atoms with Crippen molar-refractivity contribution in [2.45, 2.75) is 27.3 Å². The van der Waals surface area contributed by atoms with E-state index in [0.29, 0.717) is 17.9 Å². The van der Waals surface area contributed by atoms with Gasteiger partial charge in [0.2, 0.25) is 5.91 Å². The highest BCUT2D eigenvalue weighted by atomic mass is 16.6. The zero-order chi connectivity index (χ0) is 20.3. The van der Waals surface area contributed by atoms with Gasteiger partial charge in [0.05, 0.1) is 29.7 Å². The minimum absolute atomic E-state index is 0.227. The number of anilines is 1. The molecule has 0 radical (unpaired) electrons. The van der Waals surface area contributed by atoms with Crippen LogP contribution in [0, 0.1) is 30.9 Å². The molecule has 3 aromatic rings. The molecule has 0 atom stereocenters. The van der Waals surface area contributed by atoms with Crippen LogP contribution < -0.4 is 5.32 Å².